The minimum Gasteiger partial charge on any atom is -0.382 e. The minimum absolute atomic E-state index is 0.167. The number of rotatable bonds is 6. The summed E-state index contributed by atoms with van der Waals surface area (Å²) in [5, 5.41) is 9.76. The molecule has 0 saturated heterocycles. The Labute approximate surface area is 105 Å². The zero-order chi connectivity index (χ0) is 13.6. The number of amides is 1. The highest BCUT2D eigenvalue weighted by Crippen LogP contribution is 1.96. The maximum atomic E-state index is 11.5. The van der Waals surface area contributed by atoms with Gasteiger partial charge in [0.1, 0.15) is 5.82 Å². The Hall–Kier alpha value is -1.74. The molecule has 1 aromatic heterocycles. The lowest BCUT2D eigenvalue weighted by Crippen LogP contribution is -2.29. The van der Waals surface area contributed by atoms with Crippen LogP contribution in [0.2, 0.25) is 0 Å². The Morgan fingerprint density at radius 1 is 1.33 bits per heavy atom. The molecule has 0 aromatic carbocycles. The van der Waals surface area contributed by atoms with Crippen LogP contribution in [-0.4, -0.2) is 43.9 Å². The van der Waals surface area contributed by atoms with E-state index in [0.717, 1.165) is 6.26 Å². The molecule has 0 radical (unpaired) electrons. The molecule has 1 rings (SSSR count). The normalized spacial score (nSPS) is 11.2. The summed E-state index contributed by atoms with van der Waals surface area (Å²) in [5.41, 5.74) is 5.50. The summed E-state index contributed by atoms with van der Waals surface area (Å²) in [6.45, 7) is 0.611. The number of carbonyl (C=O) groups is 1. The number of nitrogens with two attached hydrogens (primary N) is 1. The number of sulfonamides is 1. The average molecular weight is 273 g/mol. The molecule has 1 aromatic rings. The number of hydrogen-bond donors (Lipinski definition) is 3. The van der Waals surface area contributed by atoms with E-state index in [-0.39, 0.29) is 24.0 Å². The second kappa shape index (κ2) is 6.26. The zero-order valence-electron chi connectivity index (χ0n) is 9.88. The molecule has 100 valence electrons. The Morgan fingerprint density at radius 2 is 2.06 bits per heavy atom. The summed E-state index contributed by atoms with van der Waals surface area (Å²) < 4.78 is 23.8. The average Bonchev–Trinajstić information content (AvgIpc) is 2.27. The van der Waals surface area contributed by atoms with Gasteiger partial charge in [-0.2, -0.15) is 0 Å². The van der Waals surface area contributed by atoms with Crippen molar-refractivity contribution in [3.63, 3.8) is 0 Å². The largest absolute Gasteiger partial charge is 0.382 e. The Kier molecular flexibility index (Phi) is 4.98. The van der Waals surface area contributed by atoms with Gasteiger partial charge >= 0.3 is 0 Å². The fourth-order valence-corrected chi connectivity index (χ4v) is 1.62. The highest BCUT2D eigenvalue weighted by molar-refractivity contribution is 7.88. The van der Waals surface area contributed by atoms with Crippen LogP contribution < -0.4 is 15.8 Å². The molecular weight excluding hydrogens is 258 g/mol. The van der Waals surface area contributed by atoms with Crippen molar-refractivity contribution in [2.75, 3.05) is 25.1 Å². The van der Waals surface area contributed by atoms with Gasteiger partial charge in [0.25, 0.3) is 5.91 Å². The quantitative estimate of drug-likeness (QED) is 0.554. The molecular formula is C9H15N5O3S. The maximum absolute atomic E-state index is 11.5. The predicted octanol–water partition coefficient (Wildman–Crippen LogP) is -1.27. The van der Waals surface area contributed by atoms with Crippen LogP contribution in [0.3, 0.4) is 0 Å². The van der Waals surface area contributed by atoms with Crippen LogP contribution in [0.5, 0.6) is 0 Å². The lowest BCUT2D eigenvalue weighted by atomic mass is 10.3. The van der Waals surface area contributed by atoms with Crippen molar-refractivity contribution in [3.8, 4) is 0 Å². The molecule has 0 bridgehead atoms. The van der Waals surface area contributed by atoms with Crippen molar-refractivity contribution in [2.45, 2.75) is 6.42 Å². The number of nitrogens with zero attached hydrogens (tertiary/aromatic N) is 2. The summed E-state index contributed by atoms with van der Waals surface area (Å²) >= 11 is 0. The second-order valence-corrected chi connectivity index (χ2v) is 5.45. The van der Waals surface area contributed by atoms with Crippen molar-refractivity contribution in [1.82, 2.24) is 20.2 Å². The van der Waals surface area contributed by atoms with Crippen LogP contribution in [0.4, 0.5) is 5.82 Å². The van der Waals surface area contributed by atoms with Crippen molar-refractivity contribution >= 4 is 21.7 Å². The third kappa shape index (κ3) is 5.55. The van der Waals surface area contributed by atoms with E-state index in [0.29, 0.717) is 13.0 Å². The first-order valence-corrected chi connectivity index (χ1v) is 7.09. The molecule has 4 N–H and O–H groups in total. The van der Waals surface area contributed by atoms with Gasteiger partial charge in [-0.1, -0.05) is 0 Å². The van der Waals surface area contributed by atoms with Crippen LogP contribution in [-0.2, 0) is 10.0 Å². The van der Waals surface area contributed by atoms with E-state index < -0.39 is 10.0 Å². The monoisotopic (exact) mass is 273 g/mol. The fourth-order valence-electron chi connectivity index (χ4n) is 1.10. The molecule has 1 heterocycles. The van der Waals surface area contributed by atoms with E-state index in [1.54, 1.807) is 0 Å². The van der Waals surface area contributed by atoms with Gasteiger partial charge in [0.15, 0.2) is 5.69 Å². The standard InChI is InChI=1S/C9H15N5O3S/c1-18(16,17)12-6-2-5-11-9(15)7-3-4-8(10)14-13-7/h3-4,12H,2,5-6H2,1H3,(H2,10,14)(H,11,15). The number of nitrogen functional groups attached to an aromatic ring is 1. The molecule has 8 nitrogen and oxygen atoms in total. The first-order valence-electron chi connectivity index (χ1n) is 5.20. The van der Waals surface area contributed by atoms with E-state index >= 15 is 0 Å². The van der Waals surface area contributed by atoms with E-state index in [1.165, 1.54) is 12.1 Å². The molecule has 9 heteroatoms. The summed E-state index contributed by atoms with van der Waals surface area (Å²) in [6, 6.07) is 2.94. The molecule has 0 atom stereocenters. The van der Waals surface area contributed by atoms with Gasteiger partial charge in [-0.3, -0.25) is 4.79 Å². The maximum Gasteiger partial charge on any atom is 0.271 e. The Morgan fingerprint density at radius 3 is 2.61 bits per heavy atom. The van der Waals surface area contributed by atoms with Gasteiger partial charge in [-0.15, -0.1) is 10.2 Å². The summed E-state index contributed by atoms with van der Waals surface area (Å²) in [5.74, 6) is -0.134. The van der Waals surface area contributed by atoms with E-state index in [1.807, 2.05) is 0 Å². The third-order valence-electron chi connectivity index (χ3n) is 1.92. The molecule has 0 aliphatic rings. The number of nitrogens with one attached hydrogen (secondary N) is 2. The van der Waals surface area contributed by atoms with Crippen molar-refractivity contribution in [1.29, 1.82) is 0 Å². The van der Waals surface area contributed by atoms with E-state index in [4.69, 9.17) is 5.73 Å². The van der Waals surface area contributed by atoms with E-state index in [2.05, 4.69) is 20.2 Å². The lowest BCUT2D eigenvalue weighted by Gasteiger charge is -2.04. The smallest absolute Gasteiger partial charge is 0.271 e. The van der Waals surface area contributed by atoms with Gasteiger partial charge in [0.05, 0.1) is 6.26 Å². The number of aromatic nitrogens is 2. The van der Waals surface area contributed by atoms with Gasteiger partial charge < -0.3 is 11.1 Å². The Bertz CT molecular complexity index is 499. The highest BCUT2D eigenvalue weighted by Gasteiger charge is 2.06. The summed E-state index contributed by atoms with van der Waals surface area (Å²) in [6.07, 6.45) is 1.57. The molecule has 0 fully saturated rings. The van der Waals surface area contributed by atoms with Crippen LogP contribution in [0.1, 0.15) is 16.9 Å². The van der Waals surface area contributed by atoms with Crippen molar-refractivity contribution < 1.29 is 13.2 Å². The molecule has 0 aliphatic carbocycles. The van der Waals surface area contributed by atoms with Crippen molar-refractivity contribution in [3.05, 3.63) is 17.8 Å². The van der Waals surface area contributed by atoms with Crippen LogP contribution in [0.15, 0.2) is 12.1 Å². The zero-order valence-corrected chi connectivity index (χ0v) is 10.7. The SMILES string of the molecule is CS(=O)(=O)NCCCNC(=O)c1ccc(N)nn1. The topological polar surface area (TPSA) is 127 Å². The third-order valence-corrected chi connectivity index (χ3v) is 2.65. The van der Waals surface area contributed by atoms with Gasteiger partial charge in [0.2, 0.25) is 10.0 Å². The number of anilines is 1. The second-order valence-electron chi connectivity index (χ2n) is 3.62. The van der Waals surface area contributed by atoms with Gasteiger partial charge in [-0.25, -0.2) is 13.1 Å². The van der Waals surface area contributed by atoms with E-state index in [9.17, 15) is 13.2 Å². The van der Waals surface area contributed by atoms with Crippen LogP contribution in [0, 0.1) is 0 Å². The molecule has 0 spiro atoms. The van der Waals surface area contributed by atoms with Gasteiger partial charge in [0, 0.05) is 13.1 Å². The van der Waals surface area contributed by atoms with Crippen LogP contribution in [0.25, 0.3) is 0 Å². The van der Waals surface area contributed by atoms with Gasteiger partial charge in [-0.05, 0) is 18.6 Å². The number of hydrogen-bond acceptors (Lipinski definition) is 6. The molecule has 0 unspecified atom stereocenters. The molecule has 0 saturated carbocycles. The lowest BCUT2D eigenvalue weighted by molar-refractivity contribution is 0.0947. The molecule has 0 aliphatic heterocycles. The minimum atomic E-state index is -3.18. The fraction of sp³-hybridized carbons (Fsp3) is 0.444. The first kappa shape index (κ1) is 14.3. The Balaban J connectivity index is 2.28. The number of carbonyl (C=O) groups excluding carboxylic acids is 1. The first-order chi connectivity index (χ1) is 8.38. The highest BCUT2D eigenvalue weighted by atomic mass is 32.2. The van der Waals surface area contributed by atoms with Crippen molar-refractivity contribution in [2.24, 2.45) is 0 Å². The molecule has 1 amide bonds. The molecule has 18 heavy (non-hydrogen) atoms. The predicted molar refractivity (Wildman–Crippen MR) is 66.2 cm³/mol. The van der Waals surface area contributed by atoms with Crippen LogP contribution >= 0.6 is 0 Å². The summed E-state index contributed by atoms with van der Waals surface area (Å²) in [4.78, 5) is 11.5. The summed E-state index contributed by atoms with van der Waals surface area (Å²) in [7, 11) is -3.18.